The Balaban J connectivity index is 1.31. The van der Waals surface area contributed by atoms with Gasteiger partial charge in [0.1, 0.15) is 0 Å². The maximum Gasteiger partial charge on any atom is 0.221 e. The minimum atomic E-state index is 0.139. The summed E-state index contributed by atoms with van der Waals surface area (Å²) < 4.78 is 2.10. The van der Waals surface area contributed by atoms with Crippen LogP contribution in [0.2, 0.25) is 5.02 Å². The molecular weight excluding hydrogens is 308 g/mol. The van der Waals surface area contributed by atoms with Gasteiger partial charge in [0.25, 0.3) is 0 Å². The van der Waals surface area contributed by atoms with Gasteiger partial charge in [0.05, 0.1) is 0 Å². The highest BCUT2D eigenvalue weighted by Crippen LogP contribution is 2.42. The summed E-state index contributed by atoms with van der Waals surface area (Å²) in [6.45, 7) is 1.51. The quantitative estimate of drug-likeness (QED) is 0.827. The van der Waals surface area contributed by atoms with Gasteiger partial charge in [-0.2, -0.15) is 0 Å². The largest absolute Gasteiger partial charge is 0.356 e. The third-order valence-corrected chi connectivity index (χ3v) is 5.65. The van der Waals surface area contributed by atoms with E-state index in [2.05, 4.69) is 22.0 Å². The highest BCUT2D eigenvalue weighted by atomic mass is 35.5. The molecule has 2 aromatic rings. The lowest BCUT2D eigenvalue weighted by Crippen LogP contribution is -2.31. The van der Waals surface area contributed by atoms with Crippen LogP contribution in [0.15, 0.2) is 42.6 Å². The SMILES string of the molecule is O=C(CCn1ccc2c(Cl)cccc21)NCC1CC2C=CC1C2. The summed E-state index contributed by atoms with van der Waals surface area (Å²) in [6, 6.07) is 7.90. The second-order valence-electron chi connectivity index (χ2n) is 6.78. The molecule has 3 atom stereocenters. The van der Waals surface area contributed by atoms with Crippen molar-refractivity contribution in [1.29, 1.82) is 0 Å². The van der Waals surface area contributed by atoms with Crippen LogP contribution in [0.4, 0.5) is 0 Å². The highest BCUT2D eigenvalue weighted by Gasteiger charge is 2.35. The van der Waals surface area contributed by atoms with Gasteiger partial charge in [-0.15, -0.1) is 0 Å². The molecule has 0 saturated heterocycles. The third kappa shape index (κ3) is 2.90. The second kappa shape index (κ2) is 6.04. The lowest BCUT2D eigenvalue weighted by Gasteiger charge is -2.18. The van der Waals surface area contributed by atoms with E-state index in [4.69, 9.17) is 11.6 Å². The average molecular weight is 329 g/mol. The first-order valence-corrected chi connectivity index (χ1v) is 8.77. The van der Waals surface area contributed by atoms with Crippen LogP contribution in [0.25, 0.3) is 10.9 Å². The van der Waals surface area contributed by atoms with Gasteiger partial charge in [0.2, 0.25) is 5.91 Å². The van der Waals surface area contributed by atoms with E-state index in [0.717, 1.165) is 28.4 Å². The number of hydrogen-bond donors (Lipinski definition) is 1. The number of amides is 1. The summed E-state index contributed by atoms with van der Waals surface area (Å²) in [7, 11) is 0. The van der Waals surface area contributed by atoms with E-state index < -0.39 is 0 Å². The zero-order valence-electron chi connectivity index (χ0n) is 13.0. The van der Waals surface area contributed by atoms with Crippen LogP contribution in [0.1, 0.15) is 19.3 Å². The van der Waals surface area contributed by atoms with E-state index in [-0.39, 0.29) is 5.91 Å². The van der Waals surface area contributed by atoms with Gasteiger partial charge in [0.15, 0.2) is 0 Å². The van der Waals surface area contributed by atoms with Crippen molar-refractivity contribution < 1.29 is 4.79 Å². The number of aryl methyl sites for hydroxylation is 1. The zero-order chi connectivity index (χ0) is 15.8. The predicted molar refractivity (Wildman–Crippen MR) is 93.4 cm³/mol. The molecule has 1 N–H and O–H groups in total. The van der Waals surface area contributed by atoms with E-state index in [1.807, 2.05) is 30.5 Å². The van der Waals surface area contributed by atoms with Crippen molar-refractivity contribution >= 4 is 28.4 Å². The number of nitrogens with zero attached hydrogens (tertiary/aromatic N) is 1. The van der Waals surface area contributed by atoms with Crippen molar-refractivity contribution in [2.24, 2.45) is 17.8 Å². The molecule has 23 heavy (non-hydrogen) atoms. The number of hydrogen-bond acceptors (Lipinski definition) is 1. The van der Waals surface area contributed by atoms with Crippen molar-refractivity contribution in [3.63, 3.8) is 0 Å². The van der Waals surface area contributed by atoms with Crippen LogP contribution in [0, 0.1) is 17.8 Å². The molecule has 0 aliphatic heterocycles. The molecule has 120 valence electrons. The second-order valence-corrected chi connectivity index (χ2v) is 7.18. The number of aromatic nitrogens is 1. The first-order chi connectivity index (χ1) is 11.2. The normalized spacial score (nSPS) is 25.3. The molecule has 1 saturated carbocycles. The fourth-order valence-electron chi connectivity index (χ4n) is 4.07. The molecule has 2 aliphatic rings. The summed E-state index contributed by atoms with van der Waals surface area (Å²) in [5, 5.41) is 4.92. The highest BCUT2D eigenvalue weighted by molar-refractivity contribution is 6.35. The van der Waals surface area contributed by atoms with Crippen LogP contribution in [-0.2, 0) is 11.3 Å². The Bertz CT molecular complexity index is 764. The van der Waals surface area contributed by atoms with E-state index in [1.165, 1.54) is 12.8 Å². The van der Waals surface area contributed by atoms with Crippen LogP contribution >= 0.6 is 11.6 Å². The van der Waals surface area contributed by atoms with Crippen molar-refractivity contribution in [2.45, 2.75) is 25.8 Å². The van der Waals surface area contributed by atoms with Crippen molar-refractivity contribution in [3.05, 3.63) is 47.6 Å². The van der Waals surface area contributed by atoms with Gasteiger partial charge >= 0.3 is 0 Å². The summed E-state index contributed by atoms with van der Waals surface area (Å²) >= 11 is 6.19. The van der Waals surface area contributed by atoms with Gasteiger partial charge in [-0.05, 0) is 48.8 Å². The number of benzene rings is 1. The monoisotopic (exact) mass is 328 g/mol. The number of halogens is 1. The van der Waals surface area contributed by atoms with Crippen molar-refractivity contribution in [2.75, 3.05) is 6.54 Å². The molecule has 2 aliphatic carbocycles. The Hall–Kier alpha value is -1.74. The molecule has 4 heteroatoms. The molecule has 1 heterocycles. The molecule has 1 aromatic carbocycles. The van der Waals surface area contributed by atoms with E-state index >= 15 is 0 Å². The van der Waals surface area contributed by atoms with Crippen LogP contribution in [0.5, 0.6) is 0 Å². The Kier molecular flexibility index (Phi) is 3.90. The fourth-order valence-corrected chi connectivity index (χ4v) is 4.30. The number of carbonyl (C=O) groups is 1. The van der Waals surface area contributed by atoms with E-state index in [1.54, 1.807) is 0 Å². The number of nitrogens with one attached hydrogen (secondary N) is 1. The first-order valence-electron chi connectivity index (χ1n) is 8.39. The zero-order valence-corrected chi connectivity index (χ0v) is 13.8. The molecule has 2 bridgehead atoms. The maximum atomic E-state index is 12.1. The smallest absolute Gasteiger partial charge is 0.221 e. The third-order valence-electron chi connectivity index (χ3n) is 5.32. The van der Waals surface area contributed by atoms with Crippen LogP contribution in [0.3, 0.4) is 0 Å². The molecule has 4 rings (SSSR count). The average Bonchev–Trinajstić information content (AvgIpc) is 3.26. The molecule has 1 fully saturated rings. The molecule has 1 aromatic heterocycles. The summed E-state index contributed by atoms with van der Waals surface area (Å²) in [5.74, 6) is 2.23. The van der Waals surface area contributed by atoms with Gasteiger partial charge < -0.3 is 9.88 Å². The molecule has 0 radical (unpaired) electrons. The van der Waals surface area contributed by atoms with Crippen LogP contribution in [-0.4, -0.2) is 17.0 Å². The number of fused-ring (bicyclic) bond motifs is 3. The standard InChI is InChI=1S/C19H21ClN2O/c20-17-2-1-3-18-16(17)6-8-22(18)9-7-19(23)21-12-15-11-13-4-5-14(15)10-13/h1-6,8,13-15H,7,9-12H2,(H,21,23). The number of rotatable bonds is 5. The molecular formula is C19H21ClN2O. The Labute approximate surface area is 141 Å². The van der Waals surface area contributed by atoms with Gasteiger partial charge in [-0.25, -0.2) is 0 Å². The molecule has 3 nitrogen and oxygen atoms in total. The molecule has 3 unspecified atom stereocenters. The van der Waals surface area contributed by atoms with E-state index in [0.29, 0.717) is 24.8 Å². The van der Waals surface area contributed by atoms with Gasteiger partial charge in [0, 0.05) is 41.6 Å². The van der Waals surface area contributed by atoms with Crippen molar-refractivity contribution in [1.82, 2.24) is 9.88 Å². The Morgan fingerprint density at radius 2 is 2.17 bits per heavy atom. The summed E-state index contributed by atoms with van der Waals surface area (Å²) in [4.78, 5) is 12.1. The maximum absolute atomic E-state index is 12.1. The fraction of sp³-hybridized carbons (Fsp3) is 0.421. The minimum Gasteiger partial charge on any atom is -0.356 e. The predicted octanol–water partition coefficient (Wildman–Crippen LogP) is 4.01. The lowest BCUT2D eigenvalue weighted by atomic mass is 9.93. The summed E-state index contributed by atoms with van der Waals surface area (Å²) in [6.07, 6.45) is 9.71. The topological polar surface area (TPSA) is 34.0 Å². The lowest BCUT2D eigenvalue weighted by molar-refractivity contribution is -0.121. The minimum absolute atomic E-state index is 0.139. The van der Waals surface area contributed by atoms with Crippen molar-refractivity contribution in [3.8, 4) is 0 Å². The Morgan fingerprint density at radius 1 is 1.26 bits per heavy atom. The number of allylic oxidation sites excluding steroid dienone is 2. The van der Waals surface area contributed by atoms with Crippen LogP contribution < -0.4 is 5.32 Å². The molecule has 0 spiro atoms. The van der Waals surface area contributed by atoms with E-state index in [9.17, 15) is 4.79 Å². The Morgan fingerprint density at radius 3 is 2.96 bits per heavy atom. The molecule has 1 amide bonds. The summed E-state index contributed by atoms with van der Waals surface area (Å²) in [5.41, 5.74) is 1.09. The number of carbonyl (C=O) groups excluding carboxylic acids is 1. The van der Waals surface area contributed by atoms with Gasteiger partial charge in [-0.1, -0.05) is 29.8 Å². The first kappa shape index (κ1) is 14.8. The van der Waals surface area contributed by atoms with Gasteiger partial charge in [-0.3, -0.25) is 4.79 Å².